The van der Waals surface area contributed by atoms with Crippen molar-refractivity contribution in [2.75, 3.05) is 6.54 Å². The summed E-state index contributed by atoms with van der Waals surface area (Å²) in [6.45, 7) is 9.04. The number of aliphatic hydroxyl groups is 1. The van der Waals surface area contributed by atoms with Crippen LogP contribution in [0, 0.1) is 12.8 Å². The quantitative estimate of drug-likeness (QED) is 0.883. The Kier molecular flexibility index (Phi) is 4.18. The average Bonchev–Trinajstić information content (AvgIpc) is 3.26. The highest BCUT2D eigenvalue weighted by atomic mass is 16.3. The van der Waals surface area contributed by atoms with Crippen molar-refractivity contribution in [2.24, 2.45) is 5.92 Å². The second-order valence-corrected chi connectivity index (χ2v) is 7.25. The van der Waals surface area contributed by atoms with E-state index < -0.39 is 0 Å². The van der Waals surface area contributed by atoms with Crippen LogP contribution in [0.1, 0.15) is 54.9 Å². The molecule has 0 aromatic carbocycles. The molecule has 1 fully saturated rings. The van der Waals surface area contributed by atoms with Gasteiger partial charge in [-0.05, 0) is 38.2 Å². The van der Waals surface area contributed by atoms with E-state index in [0.717, 1.165) is 57.7 Å². The molecule has 24 heavy (non-hydrogen) atoms. The Morgan fingerprint density at radius 3 is 2.92 bits per heavy atom. The fourth-order valence-corrected chi connectivity index (χ4v) is 3.59. The molecule has 0 radical (unpaired) electrons. The van der Waals surface area contributed by atoms with Gasteiger partial charge >= 0.3 is 0 Å². The molecule has 4 rings (SSSR count). The molecular weight excluding hydrogens is 302 g/mol. The molecule has 1 aliphatic heterocycles. The summed E-state index contributed by atoms with van der Waals surface area (Å²) < 4.78 is 4.18. The topological polar surface area (TPSA) is 59.1 Å². The largest absolute Gasteiger partial charge is 0.386 e. The summed E-state index contributed by atoms with van der Waals surface area (Å²) >= 11 is 0. The SMILES string of the molecule is CCCn1ncc(CN2CCn3nc([C@@H](O)C4CC4)cc3C2)c1C. The molecule has 0 bridgehead atoms. The number of aromatic nitrogens is 4. The van der Waals surface area contributed by atoms with Gasteiger partial charge in [-0.1, -0.05) is 6.92 Å². The molecule has 0 spiro atoms. The van der Waals surface area contributed by atoms with Crippen LogP contribution < -0.4 is 0 Å². The Labute approximate surface area is 143 Å². The van der Waals surface area contributed by atoms with Gasteiger partial charge in [0.05, 0.1) is 24.1 Å². The van der Waals surface area contributed by atoms with Crippen molar-refractivity contribution >= 4 is 0 Å². The number of hydrogen-bond acceptors (Lipinski definition) is 4. The summed E-state index contributed by atoms with van der Waals surface area (Å²) in [6.07, 6.45) is 5.02. The van der Waals surface area contributed by atoms with Gasteiger partial charge in [0.2, 0.25) is 0 Å². The maximum absolute atomic E-state index is 10.3. The summed E-state index contributed by atoms with van der Waals surface area (Å²) in [5, 5.41) is 19.4. The lowest BCUT2D eigenvalue weighted by Gasteiger charge is -2.27. The molecule has 1 saturated carbocycles. The maximum Gasteiger partial charge on any atom is 0.101 e. The average molecular weight is 329 g/mol. The van der Waals surface area contributed by atoms with Crippen molar-refractivity contribution in [3.05, 3.63) is 34.9 Å². The van der Waals surface area contributed by atoms with Gasteiger partial charge < -0.3 is 5.11 Å². The van der Waals surface area contributed by atoms with E-state index >= 15 is 0 Å². The van der Waals surface area contributed by atoms with E-state index in [4.69, 9.17) is 0 Å². The number of aliphatic hydroxyl groups excluding tert-OH is 1. The molecule has 6 heteroatoms. The second-order valence-electron chi connectivity index (χ2n) is 7.25. The van der Waals surface area contributed by atoms with Crippen LogP contribution in [-0.2, 0) is 26.2 Å². The van der Waals surface area contributed by atoms with Crippen molar-refractivity contribution in [1.82, 2.24) is 24.5 Å². The normalized spacial score (nSPS) is 19.5. The van der Waals surface area contributed by atoms with E-state index in [0.29, 0.717) is 5.92 Å². The third kappa shape index (κ3) is 3.00. The standard InChI is InChI=1S/C18H27N5O/c1-3-6-22-13(2)15(10-19-22)11-21-7-8-23-16(12-21)9-17(20-23)18(24)14-4-5-14/h9-10,14,18,24H,3-8,11-12H2,1-2H3/t18-/m0/s1. The summed E-state index contributed by atoms with van der Waals surface area (Å²) in [7, 11) is 0. The maximum atomic E-state index is 10.3. The first-order valence-corrected chi connectivity index (χ1v) is 9.14. The smallest absolute Gasteiger partial charge is 0.101 e. The van der Waals surface area contributed by atoms with Crippen LogP contribution in [0.5, 0.6) is 0 Å². The van der Waals surface area contributed by atoms with Gasteiger partial charge in [0, 0.05) is 37.4 Å². The van der Waals surface area contributed by atoms with Gasteiger partial charge in [-0.25, -0.2) is 0 Å². The first kappa shape index (κ1) is 15.8. The molecule has 2 aromatic heterocycles. The zero-order valence-corrected chi connectivity index (χ0v) is 14.6. The van der Waals surface area contributed by atoms with Crippen LogP contribution >= 0.6 is 0 Å². The highest BCUT2D eigenvalue weighted by molar-refractivity contribution is 5.18. The molecule has 0 unspecified atom stereocenters. The lowest BCUT2D eigenvalue weighted by molar-refractivity contribution is 0.147. The van der Waals surface area contributed by atoms with Gasteiger partial charge in [0.15, 0.2) is 0 Å². The van der Waals surface area contributed by atoms with Gasteiger partial charge in [0.1, 0.15) is 6.10 Å². The molecule has 1 N–H and O–H groups in total. The minimum Gasteiger partial charge on any atom is -0.386 e. The Morgan fingerprint density at radius 1 is 1.33 bits per heavy atom. The minimum atomic E-state index is -0.369. The van der Waals surface area contributed by atoms with E-state index in [9.17, 15) is 5.11 Å². The van der Waals surface area contributed by atoms with Crippen molar-refractivity contribution in [3.63, 3.8) is 0 Å². The van der Waals surface area contributed by atoms with Crippen LogP contribution in [0.25, 0.3) is 0 Å². The first-order chi connectivity index (χ1) is 11.7. The lowest BCUT2D eigenvalue weighted by Crippen LogP contribution is -2.33. The fourth-order valence-electron chi connectivity index (χ4n) is 3.59. The van der Waals surface area contributed by atoms with Crippen molar-refractivity contribution in [2.45, 2.75) is 65.4 Å². The zero-order chi connectivity index (χ0) is 16.7. The Morgan fingerprint density at radius 2 is 2.17 bits per heavy atom. The molecule has 2 aliphatic rings. The van der Waals surface area contributed by atoms with E-state index in [1.54, 1.807) is 0 Å². The lowest BCUT2D eigenvalue weighted by atomic mass is 10.1. The van der Waals surface area contributed by atoms with Crippen LogP contribution in [0.3, 0.4) is 0 Å². The highest BCUT2D eigenvalue weighted by Gasteiger charge is 2.33. The summed E-state index contributed by atoms with van der Waals surface area (Å²) in [4.78, 5) is 2.45. The summed E-state index contributed by atoms with van der Waals surface area (Å²) in [6, 6.07) is 2.10. The Bertz CT molecular complexity index is 715. The highest BCUT2D eigenvalue weighted by Crippen LogP contribution is 2.40. The van der Waals surface area contributed by atoms with Gasteiger partial charge in [-0.2, -0.15) is 10.2 Å². The minimum absolute atomic E-state index is 0.369. The van der Waals surface area contributed by atoms with Crippen LogP contribution in [0.2, 0.25) is 0 Å². The van der Waals surface area contributed by atoms with Crippen LogP contribution in [0.15, 0.2) is 12.3 Å². The number of rotatable bonds is 6. The number of nitrogens with zero attached hydrogens (tertiary/aromatic N) is 5. The fraction of sp³-hybridized carbons (Fsp3) is 0.667. The van der Waals surface area contributed by atoms with Gasteiger partial charge in [-0.3, -0.25) is 14.3 Å². The first-order valence-electron chi connectivity index (χ1n) is 9.14. The van der Waals surface area contributed by atoms with Gasteiger partial charge in [-0.15, -0.1) is 0 Å². The molecule has 3 heterocycles. The van der Waals surface area contributed by atoms with E-state index in [2.05, 4.69) is 44.4 Å². The molecule has 130 valence electrons. The molecule has 1 aliphatic carbocycles. The monoisotopic (exact) mass is 329 g/mol. The molecule has 0 saturated heterocycles. The van der Waals surface area contributed by atoms with Crippen LogP contribution in [-0.4, -0.2) is 36.1 Å². The predicted molar refractivity (Wildman–Crippen MR) is 91.3 cm³/mol. The second kappa shape index (κ2) is 6.33. The van der Waals surface area contributed by atoms with Crippen molar-refractivity contribution in [3.8, 4) is 0 Å². The zero-order valence-electron chi connectivity index (χ0n) is 14.6. The predicted octanol–water partition coefficient (Wildman–Crippen LogP) is 2.26. The summed E-state index contributed by atoms with van der Waals surface area (Å²) in [5.74, 6) is 0.435. The summed E-state index contributed by atoms with van der Waals surface area (Å²) in [5.41, 5.74) is 4.67. The van der Waals surface area contributed by atoms with Crippen molar-refractivity contribution in [1.29, 1.82) is 0 Å². The molecule has 2 aromatic rings. The molecule has 0 amide bonds. The Hall–Kier alpha value is -1.66. The van der Waals surface area contributed by atoms with E-state index in [-0.39, 0.29) is 6.10 Å². The molecule has 1 atom stereocenters. The van der Waals surface area contributed by atoms with Crippen molar-refractivity contribution < 1.29 is 5.11 Å². The van der Waals surface area contributed by atoms with Crippen LogP contribution in [0.4, 0.5) is 0 Å². The van der Waals surface area contributed by atoms with E-state index in [1.807, 2.05) is 6.20 Å². The number of hydrogen-bond donors (Lipinski definition) is 1. The third-order valence-electron chi connectivity index (χ3n) is 5.30. The van der Waals surface area contributed by atoms with Gasteiger partial charge in [0.25, 0.3) is 0 Å². The molecular formula is C18H27N5O. The Balaban J connectivity index is 1.44. The number of fused-ring (bicyclic) bond motifs is 1. The molecule has 6 nitrogen and oxygen atoms in total. The third-order valence-corrected chi connectivity index (χ3v) is 5.30. The van der Waals surface area contributed by atoms with E-state index in [1.165, 1.54) is 17.0 Å². The number of aryl methyl sites for hydroxylation is 1.